The molecule has 1 aliphatic rings. The quantitative estimate of drug-likeness (QED) is 0.503. The van der Waals surface area contributed by atoms with Crippen molar-refractivity contribution in [2.75, 3.05) is 0 Å². The third-order valence-corrected chi connectivity index (χ3v) is 4.90. The van der Waals surface area contributed by atoms with Gasteiger partial charge in [0.05, 0.1) is 6.33 Å². The number of halogens is 1. The monoisotopic (exact) mass is 369 g/mol. The summed E-state index contributed by atoms with van der Waals surface area (Å²) in [5.41, 5.74) is 2.22. The third kappa shape index (κ3) is 4.44. The lowest BCUT2D eigenvalue weighted by Gasteiger charge is -2.16. The zero-order valence-corrected chi connectivity index (χ0v) is 15.5. The van der Waals surface area contributed by atoms with Crippen molar-refractivity contribution in [1.82, 2.24) is 9.55 Å². The van der Waals surface area contributed by atoms with Crippen LogP contribution in [-0.2, 0) is 11.4 Å². The molecule has 0 radical (unpaired) electrons. The summed E-state index contributed by atoms with van der Waals surface area (Å²) in [6.45, 7) is 0.713. The molecule has 3 aromatic rings. The summed E-state index contributed by atoms with van der Waals surface area (Å²) in [6, 6.07) is 15.0. The molecule has 0 bridgehead atoms. The number of hydrogen-bond acceptors (Lipinski definition) is 2. The van der Waals surface area contributed by atoms with Crippen LogP contribution in [0.25, 0.3) is 10.8 Å². The number of imidazole rings is 1. The second-order valence-electron chi connectivity index (χ2n) is 6.76. The van der Waals surface area contributed by atoms with Crippen molar-refractivity contribution in [3.63, 3.8) is 0 Å². The third-order valence-electron chi connectivity index (χ3n) is 4.90. The van der Waals surface area contributed by atoms with E-state index < -0.39 is 0 Å². The van der Waals surface area contributed by atoms with Gasteiger partial charge in [-0.05, 0) is 53.7 Å². The van der Waals surface area contributed by atoms with E-state index in [1.54, 1.807) is 6.20 Å². The van der Waals surface area contributed by atoms with Crippen molar-refractivity contribution >= 4 is 16.5 Å². The number of nitrogens with one attached hydrogen (secondary N) is 1. The fourth-order valence-corrected chi connectivity index (χ4v) is 3.46. The number of rotatable bonds is 5. The fourth-order valence-electron chi connectivity index (χ4n) is 3.46. The van der Waals surface area contributed by atoms with Crippen LogP contribution < -0.4 is 17.6 Å². The topological polar surface area (TPSA) is 41.0 Å². The second kappa shape index (κ2) is 8.86. The van der Waals surface area contributed by atoms with E-state index in [1.807, 2.05) is 12.5 Å². The number of benzene rings is 2. The van der Waals surface area contributed by atoms with E-state index in [1.165, 1.54) is 30.0 Å². The second-order valence-corrected chi connectivity index (χ2v) is 6.76. The molecule has 0 spiro atoms. The molecular formula is C21H24ClN3O. The standard InChI is InChI=1S/C21H23N3O.ClH/c1-2-8-20(9-3-1)25-23-21(15-24-13-12-22-16-24)19-11-10-17-6-4-5-7-18(17)14-19;/h4-7,10-14,16,20H,1-3,8-9,15H2;1H/b23-21-;. The van der Waals surface area contributed by atoms with Crippen LogP contribution in [0.2, 0.25) is 0 Å². The van der Waals surface area contributed by atoms with E-state index in [4.69, 9.17) is 4.84 Å². The van der Waals surface area contributed by atoms with Gasteiger partial charge in [0.15, 0.2) is 6.10 Å². The van der Waals surface area contributed by atoms with Crippen LogP contribution in [0.15, 0.2) is 61.2 Å². The Morgan fingerprint density at radius 3 is 2.65 bits per heavy atom. The average molecular weight is 370 g/mol. The largest absolute Gasteiger partial charge is 1.00 e. The summed E-state index contributed by atoms with van der Waals surface area (Å²) in [5.74, 6) is 0. The van der Waals surface area contributed by atoms with Crippen LogP contribution in [-0.4, -0.2) is 21.4 Å². The highest BCUT2D eigenvalue weighted by molar-refractivity contribution is 5.99. The van der Waals surface area contributed by atoms with E-state index in [0.717, 1.165) is 24.1 Å². The van der Waals surface area contributed by atoms with Crippen LogP contribution in [0.4, 0.5) is 0 Å². The number of aromatic nitrogens is 2. The molecular weight excluding hydrogens is 346 g/mol. The molecule has 0 atom stereocenters. The summed E-state index contributed by atoms with van der Waals surface area (Å²) in [6.07, 6.45) is 12.1. The van der Waals surface area contributed by atoms with Crippen molar-refractivity contribution in [3.05, 3.63) is 66.7 Å². The molecule has 4 nitrogen and oxygen atoms in total. The summed E-state index contributed by atoms with van der Waals surface area (Å²) in [4.78, 5) is 10.2. The molecule has 0 amide bonds. The smallest absolute Gasteiger partial charge is 0.251 e. The Hall–Kier alpha value is -2.33. The number of nitrogens with zero attached hydrogens (tertiary/aromatic N) is 2. The normalized spacial score (nSPS) is 15.6. The van der Waals surface area contributed by atoms with E-state index in [9.17, 15) is 0 Å². The molecule has 1 aliphatic carbocycles. The molecule has 1 heterocycles. The highest BCUT2D eigenvalue weighted by Gasteiger charge is 2.19. The van der Waals surface area contributed by atoms with Gasteiger partial charge in [0.1, 0.15) is 6.54 Å². The predicted molar refractivity (Wildman–Crippen MR) is 99.2 cm³/mol. The average Bonchev–Trinajstić information content (AvgIpc) is 3.19. The van der Waals surface area contributed by atoms with Crippen LogP contribution >= 0.6 is 0 Å². The highest BCUT2D eigenvalue weighted by atomic mass is 35.5. The molecule has 0 saturated heterocycles. The first-order chi connectivity index (χ1) is 12.4. The molecule has 136 valence electrons. The summed E-state index contributed by atoms with van der Waals surface area (Å²) in [5, 5.41) is 5.77. The van der Waals surface area contributed by atoms with Gasteiger partial charge in [-0.2, -0.15) is 0 Å². The maximum Gasteiger partial charge on any atom is 0.251 e. The van der Waals surface area contributed by atoms with Crippen LogP contribution in [0, 0.1) is 0 Å². The van der Waals surface area contributed by atoms with Crippen molar-refractivity contribution in [2.24, 2.45) is 0 Å². The Balaban J connectivity index is 0.00000196. The van der Waals surface area contributed by atoms with Crippen LogP contribution in [0.1, 0.15) is 37.7 Å². The van der Waals surface area contributed by atoms with Crippen molar-refractivity contribution in [3.8, 4) is 0 Å². The molecule has 4 rings (SSSR count). The van der Waals surface area contributed by atoms with E-state index in [-0.39, 0.29) is 12.4 Å². The van der Waals surface area contributed by atoms with Gasteiger partial charge in [-0.3, -0.25) is 4.84 Å². The van der Waals surface area contributed by atoms with Gasteiger partial charge in [-0.25, -0.2) is 4.98 Å². The summed E-state index contributed by atoms with van der Waals surface area (Å²) in [7, 11) is 0. The summed E-state index contributed by atoms with van der Waals surface area (Å²) >= 11 is 0. The Morgan fingerprint density at radius 2 is 1.88 bits per heavy atom. The molecule has 1 N–H and O–H groups in total. The lowest BCUT2D eigenvalue weighted by atomic mass is 9.98. The molecule has 1 saturated carbocycles. The van der Waals surface area contributed by atoms with Crippen LogP contribution in [0.5, 0.6) is 0 Å². The first kappa shape index (κ1) is 18.5. The van der Waals surface area contributed by atoms with Gasteiger partial charge in [0.2, 0.25) is 0 Å². The van der Waals surface area contributed by atoms with Crippen LogP contribution in [0.3, 0.4) is 0 Å². The van der Waals surface area contributed by atoms with Gasteiger partial charge >= 0.3 is 0 Å². The van der Waals surface area contributed by atoms with Crippen molar-refractivity contribution in [2.45, 2.75) is 44.8 Å². The number of fused-ring (bicyclic) bond motifs is 1. The molecule has 2 aromatic carbocycles. The maximum atomic E-state index is 6.04. The zero-order chi connectivity index (χ0) is 16.9. The lowest BCUT2D eigenvalue weighted by Crippen LogP contribution is -3.00. The van der Waals surface area contributed by atoms with Gasteiger partial charge in [-0.15, -0.1) is 0 Å². The molecule has 5 heteroatoms. The van der Waals surface area contributed by atoms with Gasteiger partial charge in [0.25, 0.3) is 5.71 Å². The molecule has 0 unspecified atom stereocenters. The van der Waals surface area contributed by atoms with Gasteiger partial charge in [-0.1, -0.05) is 36.8 Å². The van der Waals surface area contributed by atoms with Gasteiger partial charge < -0.3 is 17.0 Å². The minimum absolute atomic E-state index is 0. The number of hydrogen-bond donors (Lipinski definition) is 1. The molecule has 26 heavy (non-hydrogen) atoms. The first-order valence-electron chi connectivity index (χ1n) is 9.11. The van der Waals surface area contributed by atoms with Gasteiger partial charge in [0, 0.05) is 18.0 Å². The van der Waals surface area contributed by atoms with Crippen molar-refractivity contribution in [1.29, 1.82) is 0 Å². The Labute approximate surface area is 160 Å². The maximum absolute atomic E-state index is 6.04. The van der Waals surface area contributed by atoms with Crippen molar-refractivity contribution < 1.29 is 22.4 Å². The Morgan fingerprint density at radius 1 is 1.08 bits per heavy atom. The van der Waals surface area contributed by atoms with E-state index in [0.29, 0.717) is 12.6 Å². The highest BCUT2D eigenvalue weighted by Crippen LogP contribution is 2.19. The fraction of sp³-hybridized carbons (Fsp3) is 0.333. The summed E-state index contributed by atoms with van der Waals surface area (Å²) < 4.78 is 2.06. The SMILES string of the molecule is [Cl-].c1ccc2cc(/C(Cn3ccnc3)=[NH+]\OC3CCCCC3)ccc2c1. The Kier molecular flexibility index (Phi) is 6.29. The molecule has 1 aromatic heterocycles. The van der Waals surface area contributed by atoms with E-state index in [2.05, 4.69) is 57.2 Å². The molecule has 1 fully saturated rings. The predicted octanol–water partition coefficient (Wildman–Crippen LogP) is -0.125. The minimum atomic E-state index is 0. The first-order valence-corrected chi connectivity index (χ1v) is 9.11. The van der Waals surface area contributed by atoms with E-state index >= 15 is 0 Å². The zero-order valence-electron chi connectivity index (χ0n) is 14.8. The minimum Gasteiger partial charge on any atom is -1.00 e. The lowest BCUT2D eigenvalue weighted by molar-refractivity contribution is -0.765. The molecule has 0 aliphatic heterocycles. The Bertz CT molecular complexity index is 855.